The maximum Gasteiger partial charge on any atom is 0.234 e. The molecule has 1 aliphatic rings. The van der Waals surface area contributed by atoms with Crippen LogP contribution in [0.1, 0.15) is 32.8 Å². The monoisotopic (exact) mass is 335 g/mol. The Morgan fingerprint density at radius 3 is 2.62 bits per heavy atom. The third-order valence-electron chi connectivity index (χ3n) is 4.64. The number of likely N-dealkylation sites (N-methyl/N-ethyl adjacent to an activating group) is 1. The molecule has 1 aromatic rings. The van der Waals surface area contributed by atoms with Gasteiger partial charge in [0, 0.05) is 32.2 Å². The van der Waals surface area contributed by atoms with Crippen molar-refractivity contribution in [1.82, 2.24) is 15.1 Å². The zero-order chi connectivity index (χ0) is 17.5. The van der Waals surface area contributed by atoms with Crippen LogP contribution >= 0.6 is 0 Å². The molecule has 1 atom stereocenters. The fourth-order valence-electron chi connectivity index (χ4n) is 3.39. The van der Waals surface area contributed by atoms with E-state index in [1.54, 1.807) is 0 Å². The SMILES string of the molecule is CCNC(=O)CN1CCCN(Cc2ccc(F)cc2)C(C(C)C)C1. The van der Waals surface area contributed by atoms with Crippen LogP contribution < -0.4 is 5.32 Å². The van der Waals surface area contributed by atoms with Gasteiger partial charge in [0.1, 0.15) is 5.82 Å². The van der Waals surface area contributed by atoms with Gasteiger partial charge < -0.3 is 5.32 Å². The van der Waals surface area contributed by atoms with Crippen molar-refractivity contribution in [3.63, 3.8) is 0 Å². The molecule has 1 fully saturated rings. The first kappa shape index (κ1) is 18.9. The number of amides is 1. The van der Waals surface area contributed by atoms with Crippen molar-refractivity contribution in [2.45, 2.75) is 39.8 Å². The van der Waals surface area contributed by atoms with Crippen molar-refractivity contribution < 1.29 is 9.18 Å². The summed E-state index contributed by atoms with van der Waals surface area (Å²) < 4.78 is 13.1. The quantitative estimate of drug-likeness (QED) is 0.868. The van der Waals surface area contributed by atoms with E-state index in [0.717, 1.165) is 38.2 Å². The summed E-state index contributed by atoms with van der Waals surface area (Å²) in [5, 5.41) is 2.88. The van der Waals surface area contributed by atoms with Gasteiger partial charge in [-0.2, -0.15) is 0 Å². The van der Waals surface area contributed by atoms with Gasteiger partial charge >= 0.3 is 0 Å². The van der Waals surface area contributed by atoms with Crippen molar-refractivity contribution in [2.24, 2.45) is 5.92 Å². The van der Waals surface area contributed by atoms with Crippen LogP contribution in [0.2, 0.25) is 0 Å². The second kappa shape index (κ2) is 9.14. The molecule has 0 bridgehead atoms. The molecular weight excluding hydrogens is 305 g/mol. The summed E-state index contributed by atoms with van der Waals surface area (Å²) >= 11 is 0. The van der Waals surface area contributed by atoms with Crippen LogP contribution in [0.4, 0.5) is 4.39 Å². The van der Waals surface area contributed by atoms with Crippen molar-refractivity contribution in [3.05, 3.63) is 35.6 Å². The maximum atomic E-state index is 13.1. The molecule has 5 heteroatoms. The molecule has 1 amide bonds. The summed E-state index contributed by atoms with van der Waals surface area (Å²) in [6.07, 6.45) is 1.05. The Morgan fingerprint density at radius 2 is 2.00 bits per heavy atom. The van der Waals surface area contributed by atoms with E-state index in [0.29, 0.717) is 25.0 Å². The van der Waals surface area contributed by atoms with E-state index in [1.807, 2.05) is 19.1 Å². The highest BCUT2D eigenvalue weighted by molar-refractivity contribution is 5.77. The van der Waals surface area contributed by atoms with Gasteiger partial charge in [-0.1, -0.05) is 26.0 Å². The van der Waals surface area contributed by atoms with Crippen LogP contribution in [0.25, 0.3) is 0 Å². The molecule has 1 aromatic carbocycles. The van der Waals surface area contributed by atoms with E-state index in [2.05, 4.69) is 29.0 Å². The second-order valence-corrected chi connectivity index (χ2v) is 6.95. The molecule has 0 aromatic heterocycles. The Labute approximate surface area is 145 Å². The highest BCUT2D eigenvalue weighted by Crippen LogP contribution is 2.20. The minimum absolute atomic E-state index is 0.104. The summed E-state index contributed by atoms with van der Waals surface area (Å²) in [4.78, 5) is 16.6. The molecule has 0 spiro atoms. The lowest BCUT2D eigenvalue weighted by Gasteiger charge is -2.34. The van der Waals surface area contributed by atoms with Crippen LogP contribution in [-0.2, 0) is 11.3 Å². The maximum absolute atomic E-state index is 13.1. The minimum atomic E-state index is -0.192. The lowest BCUT2D eigenvalue weighted by atomic mass is 10.0. The Morgan fingerprint density at radius 1 is 1.29 bits per heavy atom. The average molecular weight is 335 g/mol. The predicted molar refractivity (Wildman–Crippen MR) is 95.2 cm³/mol. The number of benzene rings is 1. The summed E-state index contributed by atoms with van der Waals surface area (Å²) in [6.45, 7) is 11.2. The fraction of sp³-hybridized carbons (Fsp3) is 0.632. The van der Waals surface area contributed by atoms with E-state index >= 15 is 0 Å². The summed E-state index contributed by atoms with van der Waals surface area (Å²) in [5.74, 6) is 0.412. The largest absolute Gasteiger partial charge is 0.355 e. The smallest absolute Gasteiger partial charge is 0.234 e. The Balaban J connectivity index is 2.03. The molecule has 1 N–H and O–H groups in total. The molecule has 0 radical (unpaired) electrons. The van der Waals surface area contributed by atoms with Crippen molar-refractivity contribution >= 4 is 5.91 Å². The van der Waals surface area contributed by atoms with Gasteiger partial charge in [-0.05, 0) is 43.5 Å². The molecule has 0 aliphatic carbocycles. The summed E-state index contributed by atoms with van der Waals surface area (Å²) in [6, 6.07) is 7.18. The van der Waals surface area contributed by atoms with Crippen molar-refractivity contribution in [3.8, 4) is 0 Å². The second-order valence-electron chi connectivity index (χ2n) is 6.95. The number of hydrogen-bond donors (Lipinski definition) is 1. The Hall–Kier alpha value is -1.46. The molecule has 1 aliphatic heterocycles. The van der Waals surface area contributed by atoms with E-state index in [4.69, 9.17) is 0 Å². The van der Waals surface area contributed by atoms with Crippen molar-refractivity contribution in [1.29, 1.82) is 0 Å². The molecule has 2 rings (SSSR count). The van der Waals surface area contributed by atoms with Crippen LogP contribution in [0.15, 0.2) is 24.3 Å². The van der Waals surface area contributed by atoms with Gasteiger partial charge in [-0.15, -0.1) is 0 Å². The zero-order valence-electron chi connectivity index (χ0n) is 15.1. The number of carbonyl (C=O) groups is 1. The first-order valence-corrected chi connectivity index (χ1v) is 8.97. The topological polar surface area (TPSA) is 35.6 Å². The Bertz CT molecular complexity index is 518. The number of halogens is 1. The number of nitrogens with one attached hydrogen (secondary N) is 1. The minimum Gasteiger partial charge on any atom is -0.355 e. The fourth-order valence-corrected chi connectivity index (χ4v) is 3.39. The molecule has 1 heterocycles. The Kier molecular flexibility index (Phi) is 7.18. The van der Waals surface area contributed by atoms with Crippen LogP contribution in [0, 0.1) is 11.7 Å². The molecule has 4 nitrogen and oxygen atoms in total. The summed E-state index contributed by atoms with van der Waals surface area (Å²) in [5.41, 5.74) is 1.14. The zero-order valence-corrected chi connectivity index (χ0v) is 15.1. The third-order valence-corrected chi connectivity index (χ3v) is 4.64. The molecule has 0 saturated carbocycles. The van der Waals surface area contributed by atoms with Crippen LogP contribution in [0.5, 0.6) is 0 Å². The summed E-state index contributed by atoms with van der Waals surface area (Å²) in [7, 11) is 0. The molecule has 1 saturated heterocycles. The number of hydrogen-bond acceptors (Lipinski definition) is 3. The molecular formula is C19H30FN3O. The van der Waals surface area contributed by atoms with Crippen molar-refractivity contribution in [2.75, 3.05) is 32.7 Å². The van der Waals surface area contributed by atoms with Gasteiger partial charge in [-0.25, -0.2) is 4.39 Å². The number of nitrogens with zero attached hydrogens (tertiary/aromatic N) is 2. The van der Waals surface area contributed by atoms with E-state index < -0.39 is 0 Å². The van der Waals surface area contributed by atoms with Gasteiger partial charge in [0.2, 0.25) is 5.91 Å². The van der Waals surface area contributed by atoms with E-state index in [1.165, 1.54) is 12.1 Å². The molecule has 24 heavy (non-hydrogen) atoms. The number of rotatable bonds is 6. The van der Waals surface area contributed by atoms with Gasteiger partial charge in [-0.3, -0.25) is 14.6 Å². The van der Waals surface area contributed by atoms with Gasteiger partial charge in [0.15, 0.2) is 0 Å². The lowest BCUT2D eigenvalue weighted by molar-refractivity contribution is -0.122. The van der Waals surface area contributed by atoms with Crippen LogP contribution in [0.3, 0.4) is 0 Å². The van der Waals surface area contributed by atoms with E-state index in [-0.39, 0.29) is 11.7 Å². The standard InChI is InChI=1S/C19H30FN3O/c1-4-21-19(24)14-22-10-5-11-23(18(13-22)15(2)3)12-16-6-8-17(20)9-7-16/h6-9,15,18H,4-5,10-14H2,1-3H3,(H,21,24). The van der Waals surface area contributed by atoms with E-state index in [9.17, 15) is 9.18 Å². The van der Waals surface area contributed by atoms with Gasteiger partial charge in [0.05, 0.1) is 6.54 Å². The average Bonchev–Trinajstić information content (AvgIpc) is 2.72. The first-order chi connectivity index (χ1) is 11.5. The lowest BCUT2D eigenvalue weighted by Crippen LogP contribution is -2.46. The normalized spacial score (nSPS) is 20.1. The molecule has 1 unspecified atom stereocenters. The highest BCUT2D eigenvalue weighted by atomic mass is 19.1. The number of carbonyl (C=O) groups excluding carboxylic acids is 1. The predicted octanol–water partition coefficient (Wildman–Crippen LogP) is 2.49. The van der Waals surface area contributed by atoms with Gasteiger partial charge in [0.25, 0.3) is 0 Å². The first-order valence-electron chi connectivity index (χ1n) is 8.97. The highest BCUT2D eigenvalue weighted by Gasteiger charge is 2.28. The third kappa shape index (κ3) is 5.56. The molecule has 134 valence electrons. The van der Waals surface area contributed by atoms with Crippen LogP contribution in [-0.4, -0.2) is 54.5 Å².